The maximum atomic E-state index is 8.81. The number of hydrogen-bond acceptors (Lipinski definition) is 2. The van der Waals surface area contributed by atoms with Crippen LogP contribution in [0.15, 0.2) is 18.2 Å². The fourth-order valence-electron chi connectivity index (χ4n) is 1.62. The Hall–Kier alpha value is -1.49. The van der Waals surface area contributed by atoms with Crippen LogP contribution in [0.5, 0.6) is 0 Å². The van der Waals surface area contributed by atoms with Gasteiger partial charge in [0.05, 0.1) is 11.6 Å². The summed E-state index contributed by atoms with van der Waals surface area (Å²) in [4.78, 5) is 0. The molecular formula is C13H18N2. The zero-order valence-corrected chi connectivity index (χ0v) is 9.67. The molecule has 0 bridgehead atoms. The first kappa shape index (κ1) is 11.6. The molecule has 0 aliphatic heterocycles. The lowest BCUT2D eigenvalue weighted by Crippen LogP contribution is -2.15. The van der Waals surface area contributed by atoms with E-state index in [-0.39, 0.29) is 0 Å². The second-order valence-corrected chi connectivity index (χ2v) is 3.98. The van der Waals surface area contributed by atoms with E-state index in [0.717, 1.165) is 12.1 Å². The molecule has 0 heterocycles. The molecule has 2 heteroatoms. The molecule has 0 amide bonds. The summed E-state index contributed by atoms with van der Waals surface area (Å²) in [5.74, 6) is 0. The second-order valence-electron chi connectivity index (χ2n) is 3.98. The third kappa shape index (κ3) is 3.28. The van der Waals surface area contributed by atoms with Gasteiger partial charge in [0, 0.05) is 11.7 Å². The van der Waals surface area contributed by atoms with Crippen molar-refractivity contribution in [2.75, 3.05) is 5.32 Å². The molecule has 1 aromatic carbocycles. The zero-order chi connectivity index (χ0) is 11.3. The van der Waals surface area contributed by atoms with Crippen molar-refractivity contribution >= 4 is 5.69 Å². The zero-order valence-electron chi connectivity index (χ0n) is 9.67. The smallest absolute Gasteiger partial charge is 0.0992 e. The minimum Gasteiger partial charge on any atom is -0.382 e. The number of anilines is 1. The van der Waals surface area contributed by atoms with Gasteiger partial charge < -0.3 is 5.32 Å². The van der Waals surface area contributed by atoms with E-state index < -0.39 is 0 Å². The molecule has 0 spiro atoms. The maximum absolute atomic E-state index is 8.81. The summed E-state index contributed by atoms with van der Waals surface area (Å²) in [6.45, 7) is 6.40. The summed E-state index contributed by atoms with van der Waals surface area (Å²) in [5, 5.41) is 12.2. The molecule has 1 aromatic rings. The van der Waals surface area contributed by atoms with Gasteiger partial charge in [0.15, 0.2) is 0 Å². The molecule has 80 valence electrons. The molecule has 1 N–H and O–H groups in total. The van der Waals surface area contributed by atoms with Crippen molar-refractivity contribution in [3.8, 4) is 6.07 Å². The first-order valence-electron chi connectivity index (χ1n) is 5.44. The largest absolute Gasteiger partial charge is 0.382 e. The number of nitriles is 1. The minimum atomic E-state index is 0.461. The van der Waals surface area contributed by atoms with Crippen LogP contribution >= 0.6 is 0 Å². The van der Waals surface area contributed by atoms with E-state index in [1.807, 2.05) is 18.2 Å². The van der Waals surface area contributed by atoms with E-state index in [0.29, 0.717) is 11.6 Å². The van der Waals surface area contributed by atoms with E-state index in [2.05, 4.69) is 32.2 Å². The summed E-state index contributed by atoms with van der Waals surface area (Å²) in [6, 6.07) is 8.38. The van der Waals surface area contributed by atoms with Gasteiger partial charge in [-0.25, -0.2) is 0 Å². The molecule has 0 unspecified atom stereocenters. The fraction of sp³-hybridized carbons (Fsp3) is 0.462. The number of benzene rings is 1. The molecule has 0 fully saturated rings. The van der Waals surface area contributed by atoms with Gasteiger partial charge in [-0.3, -0.25) is 0 Å². The van der Waals surface area contributed by atoms with Gasteiger partial charge >= 0.3 is 0 Å². The molecular weight excluding hydrogens is 184 g/mol. The molecule has 2 nitrogen and oxygen atoms in total. The minimum absolute atomic E-state index is 0.461. The maximum Gasteiger partial charge on any atom is 0.0992 e. The fourth-order valence-corrected chi connectivity index (χ4v) is 1.62. The Morgan fingerprint density at radius 3 is 2.80 bits per heavy atom. The first-order valence-corrected chi connectivity index (χ1v) is 5.44. The van der Waals surface area contributed by atoms with Crippen LogP contribution in [0, 0.1) is 18.3 Å². The molecule has 15 heavy (non-hydrogen) atoms. The monoisotopic (exact) mass is 202 g/mol. The van der Waals surface area contributed by atoms with Crippen molar-refractivity contribution in [3.05, 3.63) is 29.3 Å². The molecule has 0 aliphatic carbocycles. The highest BCUT2D eigenvalue weighted by Gasteiger charge is 2.04. The third-order valence-corrected chi connectivity index (χ3v) is 2.49. The Labute approximate surface area is 91.9 Å². The van der Waals surface area contributed by atoms with Crippen LogP contribution in [-0.2, 0) is 0 Å². The van der Waals surface area contributed by atoms with E-state index in [1.54, 1.807) is 0 Å². The van der Waals surface area contributed by atoms with Gasteiger partial charge in [0.25, 0.3) is 0 Å². The lowest BCUT2D eigenvalue weighted by molar-refractivity contribution is 0.690. The van der Waals surface area contributed by atoms with Gasteiger partial charge in [-0.2, -0.15) is 5.26 Å². The van der Waals surface area contributed by atoms with E-state index in [1.165, 1.54) is 12.0 Å². The number of nitrogens with one attached hydrogen (secondary N) is 1. The number of hydrogen-bond donors (Lipinski definition) is 1. The standard InChI is InChI=1S/C13H18N2/c1-4-5-11(3)15-13-8-12(9-14)7-6-10(13)2/h6-8,11,15H,4-5H2,1-3H3/t11-/m0/s1. The van der Waals surface area contributed by atoms with Crippen LogP contribution in [0.2, 0.25) is 0 Å². The first-order chi connectivity index (χ1) is 7.17. The quantitative estimate of drug-likeness (QED) is 0.811. The van der Waals surface area contributed by atoms with Gasteiger partial charge in [-0.15, -0.1) is 0 Å². The van der Waals surface area contributed by atoms with E-state index >= 15 is 0 Å². The predicted octanol–water partition coefficient (Wildman–Crippen LogP) is 3.47. The number of aryl methyl sites for hydroxylation is 1. The summed E-state index contributed by atoms with van der Waals surface area (Å²) in [6.07, 6.45) is 2.32. The highest BCUT2D eigenvalue weighted by Crippen LogP contribution is 2.18. The summed E-state index contributed by atoms with van der Waals surface area (Å²) >= 11 is 0. The van der Waals surface area contributed by atoms with Crippen LogP contribution in [0.3, 0.4) is 0 Å². The SMILES string of the molecule is CCC[C@H](C)Nc1cc(C#N)ccc1C. The van der Waals surface area contributed by atoms with Gasteiger partial charge in [0.2, 0.25) is 0 Å². The Bertz CT molecular complexity index is 363. The lowest BCUT2D eigenvalue weighted by atomic mass is 10.1. The highest BCUT2D eigenvalue weighted by atomic mass is 14.9. The van der Waals surface area contributed by atoms with E-state index in [9.17, 15) is 0 Å². The predicted molar refractivity (Wildman–Crippen MR) is 63.9 cm³/mol. The van der Waals surface area contributed by atoms with Gasteiger partial charge in [-0.05, 0) is 38.0 Å². The molecule has 0 radical (unpaired) electrons. The van der Waals surface area contributed by atoms with Crippen molar-refractivity contribution < 1.29 is 0 Å². The Morgan fingerprint density at radius 2 is 2.20 bits per heavy atom. The molecule has 0 saturated heterocycles. The van der Waals surface area contributed by atoms with Crippen molar-refractivity contribution in [2.24, 2.45) is 0 Å². The van der Waals surface area contributed by atoms with Crippen LogP contribution < -0.4 is 5.32 Å². The molecule has 0 saturated carbocycles. The van der Waals surface area contributed by atoms with E-state index in [4.69, 9.17) is 5.26 Å². The molecule has 0 aromatic heterocycles. The summed E-state index contributed by atoms with van der Waals surface area (Å²) in [7, 11) is 0. The van der Waals surface area contributed by atoms with Gasteiger partial charge in [-0.1, -0.05) is 19.4 Å². The van der Waals surface area contributed by atoms with Crippen molar-refractivity contribution in [2.45, 2.75) is 39.7 Å². The highest BCUT2D eigenvalue weighted by molar-refractivity contribution is 5.55. The Balaban J connectivity index is 2.80. The van der Waals surface area contributed by atoms with Crippen molar-refractivity contribution in [1.29, 1.82) is 5.26 Å². The molecule has 0 aliphatic rings. The van der Waals surface area contributed by atoms with Crippen LogP contribution in [0.4, 0.5) is 5.69 Å². The number of nitrogens with zero attached hydrogens (tertiary/aromatic N) is 1. The average Bonchev–Trinajstić information content (AvgIpc) is 2.21. The summed E-state index contributed by atoms with van der Waals surface area (Å²) < 4.78 is 0. The van der Waals surface area contributed by atoms with Crippen LogP contribution in [0.25, 0.3) is 0 Å². The molecule has 1 atom stereocenters. The normalized spacial score (nSPS) is 11.9. The summed E-state index contributed by atoms with van der Waals surface area (Å²) in [5.41, 5.74) is 2.98. The van der Waals surface area contributed by atoms with Gasteiger partial charge in [0.1, 0.15) is 0 Å². The lowest BCUT2D eigenvalue weighted by Gasteiger charge is -2.16. The van der Waals surface area contributed by atoms with Crippen LogP contribution in [0.1, 0.15) is 37.8 Å². The third-order valence-electron chi connectivity index (χ3n) is 2.49. The topological polar surface area (TPSA) is 35.8 Å². The Morgan fingerprint density at radius 1 is 1.47 bits per heavy atom. The average molecular weight is 202 g/mol. The number of rotatable bonds is 4. The Kier molecular flexibility index (Phi) is 4.17. The molecule has 1 rings (SSSR count). The van der Waals surface area contributed by atoms with Crippen molar-refractivity contribution in [3.63, 3.8) is 0 Å². The van der Waals surface area contributed by atoms with Crippen LogP contribution in [-0.4, -0.2) is 6.04 Å². The van der Waals surface area contributed by atoms with Crippen molar-refractivity contribution in [1.82, 2.24) is 0 Å². The second kappa shape index (κ2) is 5.41.